The Morgan fingerprint density at radius 3 is 2.81 bits per heavy atom. The van der Waals surface area contributed by atoms with Crippen LogP contribution in [0, 0.1) is 5.92 Å². The van der Waals surface area contributed by atoms with Crippen molar-refractivity contribution < 1.29 is 15.0 Å². The second-order valence-corrected chi connectivity index (χ2v) is 8.77. The van der Waals surface area contributed by atoms with Crippen molar-refractivity contribution in [1.82, 2.24) is 10.2 Å². The second kappa shape index (κ2) is 7.21. The lowest BCUT2D eigenvalue weighted by molar-refractivity contribution is -0.119. The number of nitrogens with zero attached hydrogens (tertiary/aromatic N) is 2. The minimum absolute atomic E-state index is 0.0559. The van der Waals surface area contributed by atoms with E-state index < -0.39 is 0 Å². The van der Waals surface area contributed by atoms with Gasteiger partial charge in [-0.25, -0.2) is 0 Å². The number of hydrogen-bond acceptors (Lipinski definition) is 7. The summed E-state index contributed by atoms with van der Waals surface area (Å²) in [6, 6.07) is 11.5. The summed E-state index contributed by atoms with van der Waals surface area (Å²) < 4.78 is 0.684. The van der Waals surface area contributed by atoms with Crippen LogP contribution in [-0.4, -0.2) is 26.3 Å². The van der Waals surface area contributed by atoms with Crippen molar-refractivity contribution >= 4 is 34.7 Å². The summed E-state index contributed by atoms with van der Waals surface area (Å²) in [5.41, 5.74) is 2.00. The van der Waals surface area contributed by atoms with Crippen LogP contribution >= 0.6 is 23.1 Å². The number of phenolic OH excluding ortho intramolecular Hbond substituents is 2. The minimum atomic E-state index is -0.262. The van der Waals surface area contributed by atoms with Gasteiger partial charge in [0.05, 0.1) is 10.6 Å². The van der Waals surface area contributed by atoms with Crippen LogP contribution in [0.2, 0.25) is 0 Å². The Bertz CT molecular complexity index is 1000. The Labute approximate surface area is 164 Å². The van der Waals surface area contributed by atoms with E-state index in [2.05, 4.69) is 15.5 Å². The van der Waals surface area contributed by atoms with Gasteiger partial charge in [0.15, 0.2) is 4.34 Å². The zero-order chi connectivity index (χ0) is 19.0. The van der Waals surface area contributed by atoms with Gasteiger partial charge in [-0.2, -0.15) is 0 Å². The molecule has 3 N–H and O–H groups in total. The Hall–Kier alpha value is -2.58. The van der Waals surface area contributed by atoms with Crippen LogP contribution in [0.4, 0.5) is 5.69 Å². The summed E-state index contributed by atoms with van der Waals surface area (Å²) in [5, 5.41) is 32.9. The maximum atomic E-state index is 11.8. The maximum absolute atomic E-state index is 11.8. The smallest absolute Gasteiger partial charge is 0.227 e. The first-order chi connectivity index (χ1) is 13.0. The highest BCUT2D eigenvalue weighted by atomic mass is 32.2. The number of rotatable bonds is 4. The zero-order valence-electron chi connectivity index (χ0n) is 14.5. The predicted molar refractivity (Wildman–Crippen MR) is 105 cm³/mol. The van der Waals surface area contributed by atoms with Gasteiger partial charge in [-0.15, -0.1) is 10.2 Å². The molecule has 4 rings (SSSR count). The average Bonchev–Trinajstić information content (AvgIpc) is 3.09. The fourth-order valence-electron chi connectivity index (χ4n) is 2.96. The summed E-state index contributed by atoms with van der Waals surface area (Å²) >= 11 is 2.71. The van der Waals surface area contributed by atoms with Gasteiger partial charge in [0.1, 0.15) is 16.5 Å². The van der Waals surface area contributed by atoms with Crippen LogP contribution < -0.4 is 5.32 Å². The number of amides is 1. The third-order valence-electron chi connectivity index (χ3n) is 4.39. The molecule has 1 amide bonds. The van der Waals surface area contributed by atoms with Crippen molar-refractivity contribution in [3.8, 4) is 11.5 Å². The van der Waals surface area contributed by atoms with Crippen LogP contribution in [0.25, 0.3) is 0 Å². The van der Waals surface area contributed by atoms with E-state index >= 15 is 0 Å². The molecule has 1 aliphatic heterocycles. The van der Waals surface area contributed by atoms with Crippen LogP contribution in [0.3, 0.4) is 0 Å². The molecule has 138 valence electrons. The molecule has 0 fully saturated rings. The Morgan fingerprint density at radius 2 is 2.04 bits per heavy atom. The number of hydrogen-bond donors (Lipinski definition) is 3. The molecular weight excluding hydrogens is 382 g/mol. The van der Waals surface area contributed by atoms with Crippen LogP contribution in [-0.2, 0) is 17.6 Å². The number of phenols is 2. The molecule has 0 bridgehead atoms. The molecule has 27 heavy (non-hydrogen) atoms. The lowest BCUT2D eigenvalue weighted by Gasteiger charge is -2.24. The summed E-state index contributed by atoms with van der Waals surface area (Å²) in [6.45, 7) is 1.79. The van der Waals surface area contributed by atoms with Gasteiger partial charge >= 0.3 is 0 Å². The largest absolute Gasteiger partial charge is 0.506 e. The first kappa shape index (κ1) is 17.8. The fraction of sp³-hybridized carbons (Fsp3) is 0.211. The third-order valence-corrected chi connectivity index (χ3v) is 6.40. The summed E-state index contributed by atoms with van der Waals surface area (Å²) in [4.78, 5) is 12.3. The molecule has 1 atom stereocenters. The predicted octanol–water partition coefficient (Wildman–Crippen LogP) is 3.82. The molecule has 0 aliphatic carbocycles. The van der Waals surface area contributed by atoms with Crippen LogP contribution in [0.1, 0.15) is 23.1 Å². The van der Waals surface area contributed by atoms with Crippen LogP contribution in [0.15, 0.2) is 45.6 Å². The summed E-state index contributed by atoms with van der Waals surface area (Å²) in [7, 11) is 0. The Balaban J connectivity index is 1.58. The van der Waals surface area contributed by atoms with Crippen molar-refractivity contribution in [1.29, 1.82) is 0 Å². The molecule has 1 unspecified atom stereocenters. The third kappa shape index (κ3) is 3.63. The molecule has 0 radical (unpaired) electrons. The maximum Gasteiger partial charge on any atom is 0.227 e. The molecule has 0 saturated heterocycles. The normalized spacial score (nSPS) is 16.0. The van der Waals surface area contributed by atoms with Crippen molar-refractivity contribution in [2.24, 2.45) is 5.92 Å². The molecule has 2 heterocycles. The van der Waals surface area contributed by atoms with Gasteiger partial charge in [0.25, 0.3) is 0 Å². The second-order valence-electron chi connectivity index (χ2n) is 6.42. The SMILES string of the molecule is CC1Cc2c(O)c(Sc3nnc(Cc4ccccc4)s3)cc(O)c2NC1=O. The van der Waals surface area contributed by atoms with Crippen molar-refractivity contribution in [2.75, 3.05) is 5.32 Å². The highest BCUT2D eigenvalue weighted by Gasteiger charge is 2.29. The van der Waals surface area contributed by atoms with E-state index in [4.69, 9.17) is 0 Å². The number of benzene rings is 2. The van der Waals surface area contributed by atoms with E-state index in [-0.39, 0.29) is 23.3 Å². The molecule has 0 spiro atoms. The van der Waals surface area contributed by atoms with Gasteiger partial charge in [0, 0.05) is 17.9 Å². The first-order valence-corrected chi connectivity index (χ1v) is 10.1. The number of fused-ring (bicyclic) bond motifs is 1. The fourth-order valence-corrected chi connectivity index (χ4v) is 4.95. The van der Waals surface area contributed by atoms with E-state index in [1.54, 1.807) is 6.92 Å². The van der Waals surface area contributed by atoms with Crippen molar-refractivity contribution in [3.05, 3.63) is 52.5 Å². The molecule has 1 aliphatic rings. The number of nitrogens with one attached hydrogen (secondary N) is 1. The molecule has 8 heteroatoms. The molecular formula is C19H17N3O3S2. The van der Waals surface area contributed by atoms with Gasteiger partial charge in [0.2, 0.25) is 5.91 Å². The summed E-state index contributed by atoms with van der Waals surface area (Å²) in [6.07, 6.45) is 1.08. The zero-order valence-corrected chi connectivity index (χ0v) is 16.1. The van der Waals surface area contributed by atoms with Gasteiger partial charge in [-0.05, 0) is 18.1 Å². The molecule has 1 aromatic heterocycles. The lowest BCUT2D eigenvalue weighted by atomic mass is 9.93. The highest BCUT2D eigenvalue weighted by molar-refractivity contribution is 8.01. The van der Waals surface area contributed by atoms with E-state index in [9.17, 15) is 15.0 Å². The number of aromatic nitrogens is 2. The first-order valence-electron chi connectivity index (χ1n) is 8.44. The average molecular weight is 399 g/mol. The topological polar surface area (TPSA) is 95.3 Å². The van der Waals surface area contributed by atoms with E-state index in [0.717, 1.165) is 10.6 Å². The number of carbonyl (C=O) groups excluding carboxylic acids is 1. The van der Waals surface area contributed by atoms with E-state index in [1.807, 2.05) is 30.3 Å². The number of aromatic hydroxyl groups is 2. The standard InChI is InChI=1S/C19H17N3O3S2/c1-10-7-12-16(20-18(10)25)13(23)9-14(17(12)24)26-19-22-21-15(27-19)8-11-5-3-2-4-6-11/h2-6,9-10,23-24H,7-8H2,1H3,(H,20,25). The van der Waals surface area contributed by atoms with Gasteiger partial charge in [-0.3, -0.25) is 4.79 Å². The Morgan fingerprint density at radius 1 is 1.26 bits per heavy atom. The minimum Gasteiger partial charge on any atom is -0.506 e. The van der Waals surface area contributed by atoms with Crippen molar-refractivity contribution in [2.45, 2.75) is 29.0 Å². The molecule has 0 saturated carbocycles. The molecule has 6 nitrogen and oxygen atoms in total. The van der Waals surface area contributed by atoms with Crippen molar-refractivity contribution in [3.63, 3.8) is 0 Å². The lowest BCUT2D eigenvalue weighted by Crippen LogP contribution is -2.27. The Kier molecular flexibility index (Phi) is 4.75. The van der Waals surface area contributed by atoms with Gasteiger partial charge < -0.3 is 15.5 Å². The quantitative estimate of drug-likeness (QED) is 0.456. The van der Waals surface area contributed by atoms with E-state index in [1.165, 1.54) is 29.2 Å². The number of anilines is 1. The van der Waals surface area contributed by atoms with E-state index in [0.29, 0.717) is 33.3 Å². The van der Waals surface area contributed by atoms with Crippen LogP contribution in [0.5, 0.6) is 11.5 Å². The molecule has 2 aromatic carbocycles. The molecule has 3 aromatic rings. The highest BCUT2D eigenvalue weighted by Crippen LogP contribution is 2.47. The number of carbonyl (C=O) groups is 1. The monoisotopic (exact) mass is 399 g/mol. The summed E-state index contributed by atoms with van der Waals surface area (Å²) in [5.74, 6) is -0.409. The van der Waals surface area contributed by atoms with Gasteiger partial charge in [-0.1, -0.05) is 60.4 Å².